The first kappa shape index (κ1) is 14.5. The first-order valence-corrected chi connectivity index (χ1v) is 6.95. The molecule has 0 aromatic heterocycles. The summed E-state index contributed by atoms with van der Waals surface area (Å²) in [5.41, 5.74) is 2.16. The van der Waals surface area contributed by atoms with Gasteiger partial charge in [-0.2, -0.15) is 0 Å². The molecule has 0 aliphatic carbocycles. The Morgan fingerprint density at radius 3 is 2.75 bits per heavy atom. The van der Waals surface area contributed by atoms with Crippen LogP contribution in [0.5, 0.6) is 5.75 Å². The minimum atomic E-state index is -0.177. The van der Waals surface area contributed by atoms with Gasteiger partial charge in [-0.3, -0.25) is 0 Å². The van der Waals surface area contributed by atoms with E-state index in [0.717, 1.165) is 36.4 Å². The third-order valence-corrected chi connectivity index (χ3v) is 3.07. The van der Waals surface area contributed by atoms with E-state index in [-0.39, 0.29) is 5.82 Å². The predicted molar refractivity (Wildman–Crippen MR) is 79.4 cm³/mol. The van der Waals surface area contributed by atoms with Crippen molar-refractivity contribution in [1.29, 1.82) is 0 Å². The predicted octanol–water partition coefficient (Wildman–Crippen LogP) is 3.56. The lowest BCUT2D eigenvalue weighted by Crippen LogP contribution is -2.17. The third kappa shape index (κ3) is 4.35. The number of para-hydroxylation sites is 1. The van der Waals surface area contributed by atoms with Crippen LogP contribution in [0, 0.1) is 5.82 Å². The highest BCUT2D eigenvalue weighted by atomic mass is 19.1. The van der Waals surface area contributed by atoms with Crippen molar-refractivity contribution in [2.75, 3.05) is 13.2 Å². The SMILES string of the molecule is CCOc1ccccc1CNCCc1cccc(F)c1. The van der Waals surface area contributed by atoms with Gasteiger partial charge in [-0.25, -0.2) is 4.39 Å². The van der Waals surface area contributed by atoms with E-state index in [4.69, 9.17) is 4.74 Å². The lowest BCUT2D eigenvalue weighted by molar-refractivity contribution is 0.335. The van der Waals surface area contributed by atoms with Crippen LogP contribution in [0.4, 0.5) is 4.39 Å². The molecule has 2 rings (SSSR count). The molecule has 106 valence electrons. The van der Waals surface area contributed by atoms with Crippen molar-refractivity contribution in [1.82, 2.24) is 5.32 Å². The fourth-order valence-corrected chi connectivity index (χ4v) is 2.09. The quantitative estimate of drug-likeness (QED) is 0.779. The van der Waals surface area contributed by atoms with E-state index < -0.39 is 0 Å². The highest BCUT2D eigenvalue weighted by Gasteiger charge is 2.01. The van der Waals surface area contributed by atoms with E-state index in [0.29, 0.717) is 6.61 Å². The third-order valence-electron chi connectivity index (χ3n) is 3.07. The van der Waals surface area contributed by atoms with Crippen LogP contribution in [0.15, 0.2) is 48.5 Å². The molecular weight excluding hydrogens is 253 g/mol. The zero-order chi connectivity index (χ0) is 14.2. The molecule has 0 radical (unpaired) electrons. The molecule has 2 aromatic carbocycles. The van der Waals surface area contributed by atoms with Crippen molar-refractivity contribution in [3.8, 4) is 5.75 Å². The molecule has 20 heavy (non-hydrogen) atoms. The smallest absolute Gasteiger partial charge is 0.123 e. The molecule has 0 bridgehead atoms. The maximum absolute atomic E-state index is 13.0. The molecule has 0 saturated heterocycles. The Morgan fingerprint density at radius 2 is 1.95 bits per heavy atom. The molecule has 1 N–H and O–H groups in total. The molecule has 0 spiro atoms. The number of ether oxygens (including phenoxy) is 1. The van der Waals surface area contributed by atoms with Gasteiger partial charge in [0.2, 0.25) is 0 Å². The minimum absolute atomic E-state index is 0.177. The Hall–Kier alpha value is -1.87. The average molecular weight is 273 g/mol. The first-order valence-electron chi connectivity index (χ1n) is 6.95. The Balaban J connectivity index is 1.81. The van der Waals surface area contributed by atoms with Gasteiger partial charge in [-0.1, -0.05) is 30.3 Å². The van der Waals surface area contributed by atoms with E-state index in [1.165, 1.54) is 6.07 Å². The molecule has 0 saturated carbocycles. The largest absolute Gasteiger partial charge is 0.494 e. The van der Waals surface area contributed by atoms with Crippen LogP contribution in [0.25, 0.3) is 0 Å². The van der Waals surface area contributed by atoms with E-state index in [9.17, 15) is 4.39 Å². The zero-order valence-electron chi connectivity index (χ0n) is 11.7. The van der Waals surface area contributed by atoms with Gasteiger partial charge in [-0.15, -0.1) is 0 Å². The molecular formula is C17H20FNO. The van der Waals surface area contributed by atoms with Gasteiger partial charge in [0.1, 0.15) is 11.6 Å². The summed E-state index contributed by atoms with van der Waals surface area (Å²) in [5.74, 6) is 0.748. The van der Waals surface area contributed by atoms with Crippen molar-refractivity contribution in [3.63, 3.8) is 0 Å². The lowest BCUT2D eigenvalue weighted by Gasteiger charge is -2.11. The van der Waals surface area contributed by atoms with Crippen molar-refractivity contribution in [2.45, 2.75) is 19.9 Å². The summed E-state index contributed by atoms with van der Waals surface area (Å²) in [6.45, 7) is 4.21. The highest BCUT2D eigenvalue weighted by Crippen LogP contribution is 2.17. The molecule has 2 nitrogen and oxygen atoms in total. The lowest BCUT2D eigenvalue weighted by atomic mass is 10.1. The zero-order valence-corrected chi connectivity index (χ0v) is 11.7. The molecule has 2 aromatic rings. The van der Waals surface area contributed by atoms with Gasteiger partial charge in [0.05, 0.1) is 6.61 Å². The standard InChI is InChI=1S/C17H20FNO/c1-2-20-17-9-4-3-7-15(17)13-19-11-10-14-6-5-8-16(18)12-14/h3-9,12,19H,2,10-11,13H2,1H3. The van der Waals surface area contributed by atoms with Gasteiger partial charge in [0.25, 0.3) is 0 Å². The van der Waals surface area contributed by atoms with Crippen LogP contribution >= 0.6 is 0 Å². The number of halogens is 1. The second kappa shape index (κ2) is 7.65. The summed E-state index contributed by atoms with van der Waals surface area (Å²) >= 11 is 0. The monoisotopic (exact) mass is 273 g/mol. The Kier molecular flexibility index (Phi) is 5.56. The normalized spacial score (nSPS) is 10.5. The van der Waals surface area contributed by atoms with Gasteiger partial charge in [-0.05, 0) is 43.7 Å². The van der Waals surface area contributed by atoms with E-state index in [1.807, 2.05) is 31.2 Å². The second-order valence-electron chi connectivity index (χ2n) is 4.60. The average Bonchev–Trinajstić information content (AvgIpc) is 2.46. The van der Waals surface area contributed by atoms with Crippen LogP contribution in [0.3, 0.4) is 0 Å². The van der Waals surface area contributed by atoms with Crippen molar-refractivity contribution in [2.24, 2.45) is 0 Å². The van der Waals surface area contributed by atoms with Gasteiger partial charge in [0, 0.05) is 12.1 Å². The van der Waals surface area contributed by atoms with Crippen LogP contribution in [0.2, 0.25) is 0 Å². The summed E-state index contributed by atoms with van der Waals surface area (Å²) < 4.78 is 18.6. The fourth-order valence-electron chi connectivity index (χ4n) is 2.09. The van der Waals surface area contributed by atoms with Crippen LogP contribution in [0.1, 0.15) is 18.1 Å². The summed E-state index contributed by atoms with van der Waals surface area (Å²) in [4.78, 5) is 0. The summed E-state index contributed by atoms with van der Waals surface area (Å²) in [6, 6.07) is 14.7. The van der Waals surface area contributed by atoms with Crippen LogP contribution < -0.4 is 10.1 Å². The minimum Gasteiger partial charge on any atom is -0.494 e. The topological polar surface area (TPSA) is 21.3 Å². The molecule has 0 heterocycles. The van der Waals surface area contributed by atoms with Crippen molar-refractivity contribution in [3.05, 3.63) is 65.5 Å². The first-order chi connectivity index (χ1) is 9.79. The summed E-state index contributed by atoms with van der Waals surface area (Å²) in [7, 11) is 0. The maximum atomic E-state index is 13.0. The molecule has 3 heteroatoms. The van der Waals surface area contributed by atoms with E-state index in [2.05, 4.69) is 11.4 Å². The van der Waals surface area contributed by atoms with Crippen LogP contribution in [-0.2, 0) is 13.0 Å². The van der Waals surface area contributed by atoms with Crippen molar-refractivity contribution >= 4 is 0 Å². The Bertz CT molecular complexity index is 542. The highest BCUT2D eigenvalue weighted by molar-refractivity contribution is 5.33. The molecule has 0 atom stereocenters. The number of hydrogen-bond donors (Lipinski definition) is 1. The molecule has 0 aliphatic rings. The molecule has 0 unspecified atom stereocenters. The molecule has 0 amide bonds. The number of rotatable bonds is 7. The van der Waals surface area contributed by atoms with Gasteiger partial charge in [0.15, 0.2) is 0 Å². The van der Waals surface area contributed by atoms with Crippen molar-refractivity contribution < 1.29 is 9.13 Å². The van der Waals surface area contributed by atoms with E-state index in [1.54, 1.807) is 12.1 Å². The summed E-state index contributed by atoms with van der Waals surface area (Å²) in [5, 5.41) is 3.37. The summed E-state index contributed by atoms with van der Waals surface area (Å²) in [6.07, 6.45) is 0.814. The van der Waals surface area contributed by atoms with E-state index >= 15 is 0 Å². The van der Waals surface area contributed by atoms with Crippen LogP contribution in [-0.4, -0.2) is 13.2 Å². The Labute approximate surface area is 119 Å². The maximum Gasteiger partial charge on any atom is 0.123 e. The fraction of sp³-hybridized carbons (Fsp3) is 0.294. The Morgan fingerprint density at radius 1 is 1.10 bits per heavy atom. The van der Waals surface area contributed by atoms with Gasteiger partial charge >= 0.3 is 0 Å². The number of nitrogens with one attached hydrogen (secondary N) is 1. The number of benzene rings is 2. The van der Waals surface area contributed by atoms with Gasteiger partial charge < -0.3 is 10.1 Å². The molecule has 0 aliphatic heterocycles. The second-order valence-corrected chi connectivity index (χ2v) is 4.60. The molecule has 0 fully saturated rings. The number of hydrogen-bond acceptors (Lipinski definition) is 2.